The van der Waals surface area contributed by atoms with Crippen LogP contribution in [-0.4, -0.2) is 25.0 Å². The Balaban J connectivity index is 3.17. The van der Waals surface area contributed by atoms with Gasteiger partial charge >= 0.3 is 0 Å². The molecule has 0 N–H and O–H groups in total. The van der Waals surface area contributed by atoms with Crippen molar-refractivity contribution in [3.05, 3.63) is 6.42 Å². The number of nitrogens with zero attached hydrogens (tertiary/aromatic N) is 1. The molecular formula is C7H16N. The van der Waals surface area contributed by atoms with Gasteiger partial charge < -0.3 is 4.90 Å². The zero-order chi connectivity index (χ0) is 6.57. The van der Waals surface area contributed by atoms with Crippen LogP contribution in [0.2, 0.25) is 0 Å². The zero-order valence-corrected chi connectivity index (χ0v) is 6.31. The van der Waals surface area contributed by atoms with Gasteiger partial charge in [-0.2, -0.15) is 0 Å². The molecule has 0 aliphatic heterocycles. The van der Waals surface area contributed by atoms with Gasteiger partial charge in [-0.15, -0.1) is 0 Å². The average molecular weight is 114 g/mol. The Morgan fingerprint density at radius 3 is 2.12 bits per heavy atom. The largest absolute Gasteiger partial charge is 0.307 e. The summed E-state index contributed by atoms with van der Waals surface area (Å²) in [6.07, 6.45) is 3.39. The third kappa shape index (κ3) is 3.03. The molecule has 49 valence electrons. The van der Waals surface area contributed by atoms with Crippen molar-refractivity contribution in [2.24, 2.45) is 0 Å². The highest BCUT2D eigenvalue weighted by Crippen LogP contribution is 1.98. The molecule has 0 aliphatic carbocycles. The predicted molar refractivity (Wildman–Crippen MR) is 37.7 cm³/mol. The summed E-state index contributed by atoms with van der Waals surface area (Å²) < 4.78 is 0. The van der Waals surface area contributed by atoms with Crippen LogP contribution in [0.15, 0.2) is 0 Å². The third-order valence-corrected chi connectivity index (χ3v) is 1.46. The Hall–Kier alpha value is -0.0400. The lowest BCUT2D eigenvalue weighted by atomic mass is 10.2. The van der Waals surface area contributed by atoms with E-state index in [1.165, 1.54) is 6.42 Å². The molecule has 1 unspecified atom stereocenters. The van der Waals surface area contributed by atoms with E-state index in [2.05, 4.69) is 39.3 Å². The first kappa shape index (κ1) is 7.96. The Labute approximate surface area is 52.7 Å². The van der Waals surface area contributed by atoms with Crippen LogP contribution in [0.1, 0.15) is 20.3 Å². The van der Waals surface area contributed by atoms with E-state index < -0.39 is 0 Å². The molecule has 0 bridgehead atoms. The van der Waals surface area contributed by atoms with Crippen LogP contribution < -0.4 is 0 Å². The van der Waals surface area contributed by atoms with E-state index >= 15 is 0 Å². The SMILES string of the molecule is C[CH]CC(C)N(C)C. The highest BCUT2D eigenvalue weighted by atomic mass is 15.1. The fourth-order valence-electron chi connectivity index (χ4n) is 0.552. The van der Waals surface area contributed by atoms with Gasteiger partial charge in [0.2, 0.25) is 0 Å². The normalized spacial score (nSPS) is 14.6. The summed E-state index contributed by atoms with van der Waals surface area (Å²) in [6, 6.07) is 0.694. The van der Waals surface area contributed by atoms with Gasteiger partial charge in [-0.3, -0.25) is 0 Å². The summed E-state index contributed by atoms with van der Waals surface area (Å²) in [4.78, 5) is 2.22. The standard InChI is InChI=1S/C7H16N/c1-5-6-7(2)8(3)4/h5,7H,6H2,1-4H3. The van der Waals surface area contributed by atoms with E-state index in [1.807, 2.05) is 0 Å². The van der Waals surface area contributed by atoms with Crippen molar-refractivity contribution in [3.63, 3.8) is 0 Å². The fourth-order valence-corrected chi connectivity index (χ4v) is 0.552. The van der Waals surface area contributed by atoms with Crippen LogP contribution in [0.25, 0.3) is 0 Å². The summed E-state index contributed by atoms with van der Waals surface area (Å²) in [5.41, 5.74) is 0. The van der Waals surface area contributed by atoms with Crippen LogP contribution in [0.4, 0.5) is 0 Å². The van der Waals surface area contributed by atoms with Crippen LogP contribution in [0.3, 0.4) is 0 Å². The molecule has 1 atom stereocenters. The molecule has 0 aromatic carbocycles. The monoisotopic (exact) mass is 114 g/mol. The predicted octanol–water partition coefficient (Wildman–Crippen LogP) is 1.55. The van der Waals surface area contributed by atoms with E-state index in [0.717, 1.165) is 0 Å². The van der Waals surface area contributed by atoms with Gasteiger partial charge in [0.15, 0.2) is 0 Å². The second-order valence-corrected chi connectivity index (χ2v) is 2.46. The second-order valence-electron chi connectivity index (χ2n) is 2.46. The van der Waals surface area contributed by atoms with Crippen LogP contribution >= 0.6 is 0 Å². The maximum Gasteiger partial charge on any atom is 0.00634 e. The highest BCUT2D eigenvalue weighted by molar-refractivity contribution is 4.66. The summed E-state index contributed by atoms with van der Waals surface area (Å²) >= 11 is 0. The Bertz CT molecular complexity index is 50.3. The van der Waals surface area contributed by atoms with Gasteiger partial charge in [-0.25, -0.2) is 0 Å². The highest BCUT2D eigenvalue weighted by Gasteiger charge is 1.99. The minimum atomic E-state index is 0.694. The van der Waals surface area contributed by atoms with Crippen molar-refractivity contribution in [1.29, 1.82) is 0 Å². The van der Waals surface area contributed by atoms with Crippen molar-refractivity contribution in [2.45, 2.75) is 26.3 Å². The first-order valence-electron chi connectivity index (χ1n) is 3.12. The molecule has 0 saturated heterocycles. The molecule has 1 heteroatoms. The molecule has 0 rings (SSSR count). The molecule has 1 nitrogen and oxygen atoms in total. The maximum absolute atomic E-state index is 2.22. The molecule has 0 amide bonds. The van der Waals surface area contributed by atoms with Gasteiger partial charge in [0.1, 0.15) is 0 Å². The molecule has 0 heterocycles. The van der Waals surface area contributed by atoms with Gasteiger partial charge in [0.25, 0.3) is 0 Å². The van der Waals surface area contributed by atoms with E-state index in [0.29, 0.717) is 6.04 Å². The van der Waals surface area contributed by atoms with E-state index in [-0.39, 0.29) is 0 Å². The van der Waals surface area contributed by atoms with Gasteiger partial charge in [-0.05, 0) is 33.9 Å². The molecule has 0 spiro atoms. The van der Waals surface area contributed by atoms with Crippen molar-refractivity contribution >= 4 is 0 Å². The minimum absolute atomic E-state index is 0.694. The van der Waals surface area contributed by atoms with Crippen LogP contribution in [0, 0.1) is 6.42 Å². The van der Waals surface area contributed by atoms with E-state index in [9.17, 15) is 0 Å². The van der Waals surface area contributed by atoms with Crippen molar-refractivity contribution < 1.29 is 0 Å². The van der Waals surface area contributed by atoms with Gasteiger partial charge in [-0.1, -0.05) is 6.92 Å². The Kier molecular flexibility index (Phi) is 3.88. The van der Waals surface area contributed by atoms with Crippen LogP contribution in [-0.2, 0) is 0 Å². The molecule has 0 fully saturated rings. The molecular weight excluding hydrogens is 98.1 g/mol. The van der Waals surface area contributed by atoms with Gasteiger partial charge in [0.05, 0.1) is 0 Å². The number of hydrogen-bond acceptors (Lipinski definition) is 1. The van der Waals surface area contributed by atoms with Crippen molar-refractivity contribution in [2.75, 3.05) is 14.1 Å². The molecule has 0 saturated carbocycles. The Morgan fingerprint density at radius 2 is 2.00 bits per heavy atom. The number of hydrogen-bond donors (Lipinski definition) is 0. The first-order valence-corrected chi connectivity index (χ1v) is 3.12. The molecule has 0 aromatic rings. The molecule has 8 heavy (non-hydrogen) atoms. The van der Waals surface area contributed by atoms with E-state index in [1.54, 1.807) is 0 Å². The van der Waals surface area contributed by atoms with E-state index in [4.69, 9.17) is 0 Å². The maximum atomic E-state index is 2.22. The fraction of sp³-hybridized carbons (Fsp3) is 0.857. The lowest BCUT2D eigenvalue weighted by Gasteiger charge is -2.17. The molecule has 0 aromatic heterocycles. The molecule has 1 radical (unpaired) electrons. The summed E-state index contributed by atoms with van der Waals surface area (Å²) in [7, 11) is 4.21. The van der Waals surface area contributed by atoms with Crippen molar-refractivity contribution in [1.82, 2.24) is 4.90 Å². The summed E-state index contributed by atoms with van der Waals surface area (Å²) in [5, 5.41) is 0. The number of rotatable bonds is 3. The average Bonchev–Trinajstić information content (AvgIpc) is 1.67. The first-order chi connectivity index (χ1) is 3.68. The Morgan fingerprint density at radius 1 is 1.50 bits per heavy atom. The second kappa shape index (κ2) is 3.90. The summed E-state index contributed by atoms with van der Waals surface area (Å²) in [5.74, 6) is 0. The lowest BCUT2D eigenvalue weighted by Crippen LogP contribution is -2.24. The topological polar surface area (TPSA) is 3.24 Å². The minimum Gasteiger partial charge on any atom is -0.307 e. The third-order valence-electron chi connectivity index (χ3n) is 1.46. The summed E-state index contributed by atoms with van der Waals surface area (Å²) in [6.45, 7) is 4.32. The molecule has 0 aliphatic rings. The van der Waals surface area contributed by atoms with Crippen molar-refractivity contribution in [3.8, 4) is 0 Å². The van der Waals surface area contributed by atoms with Crippen LogP contribution in [0.5, 0.6) is 0 Å². The van der Waals surface area contributed by atoms with Gasteiger partial charge in [0, 0.05) is 6.04 Å². The zero-order valence-electron chi connectivity index (χ0n) is 6.31. The quantitative estimate of drug-likeness (QED) is 0.538. The lowest BCUT2D eigenvalue weighted by molar-refractivity contribution is 0.311. The smallest absolute Gasteiger partial charge is 0.00634 e.